The van der Waals surface area contributed by atoms with Crippen LogP contribution in [0.4, 0.5) is 0 Å². The highest BCUT2D eigenvalue weighted by atomic mass is 32.2. The Labute approximate surface area is 186 Å². The predicted octanol–water partition coefficient (Wildman–Crippen LogP) is 3.98. The third-order valence-corrected chi connectivity index (χ3v) is 5.84. The number of amides is 2. The monoisotopic (exact) mass is 446 g/mol. The maximum atomic E-state index is 12.7. The average molecular weight is 447 g/mol. The fourth-order valence-corrected chi connectivity index (χ4v) is 4.22. The Balaban J connectivity index is 1.79. The van der Waals surface area contributed by atoms with Gasteiger partial charge in [0.15, 0.2) is 0 Å². The number of thioether (sulfide) groups is 1. The quantitative estimate of drug-likeness (QED) is 0.321. The zero-order valence-electron chi connectivity index (χ0n) is 17.1. The van der Waals surface area contributed by atoms with Gasteiger partial charge in [0.1, 0.15) is 10.4 Å². The molecule has 30 heavy (non-hydrogen) atoms. The van der Waals surface area contributed by atoms with Crippen LogP contribution in [-0.4, -0.2) is 44.7 Å². The molecule has 1 saturated heterocycles. The fraction of sp³-hybridized carbons (Fsp3) is 0.364. The Morgan fingerprint density at radius 1 is 1.23 bits per heavy atom. The van der Waals surface area contributed by atoms with Crippen LogP contribution in [0.15, 0.2) is 46.9 Å². The number of rotatable bonds is 10. The number of allylic oxidation sites excluding steroid dienone is 2. The molecule has 1 atom stereocenters. The minimum Gasteiger partial charge on any atom is -0.480 e. The maximum absolute atomic E-state index is 12.7. The molecule has 0 aliphatic carbocycles. The van der Waals surface area contributed by atoms with Gasteiger partial charge in [0.05, 0.1) is 4.91 Å². The van der Waals surface area contributed by atoms with Crippen molar-refractivity contribution in [2.45, 2.75) is 45.6 Å². The lowest BCUT2D eigenvalue weighted by Crippen LogP contribution is -2.38. The molecule has 2 amide bonds. The normalized spacial score (nSPS) is 16.8. The van der Waals surface area contributed by atoms with E-state index in [0.29, 0.717) is 22.2 Å². The second-order valence-electron chi connectivity index (χ2n) is 7.07. The summed E-state index contributed by atoms with van der Waals surface area (Å²) in [4.78, 5) is 37.3. The number of carbonyl (C=O) groups is 3. The van der Waals surface area contributed by atoms with E-state index in [0.717, 1.165) is 24.0 Å². The van der Waals surface area contributed by atoms with Crippen molar-refractivity contribution in [1.29, 1.82) is 0 Å². The van der Waals surface area contributed by atoms with Crippen LogP contribution in [0, 0.1) is 0 Å². The van der Waals surface area contributed by atoms with E-state index in [4.69, 9.17) is 17.3 Å². The fourth-order valence-electron chi connectivity index (χ4n) is 2.86. The first-order chi connectivity index (χ1) is 14.3. The van der Waals surface area contributed by atoms with Crippen LogP contribution in [0.25, 0.3) is 6.08 Å². The number of carbonyl (C=O) groups excluding carboxylic acids is 2. The molecule has 1 aliphatic rings. The van der Waals surface area contributed by atoms with Crippen molar-refractivity contribution >= 4 is 52.2 Å². The van der Waals surface area contributed by atoms with Crippen molar-refractivity contribution in [3.8, 4) is 0 Å². The molecule has 1 aliphatic heterocycles. The van der Waals surface area contributed by atoms with Gasteiger partial charge in [-0.15, -0.1) is 0 Å². The molecule has 1 unspecified atom stereocenters. The van der Waals surface area contributed by atoms with Gasteiger partial charge >= 0.3 is 5.97 Å². The largest absolute Gasteiger partial charge is 0.480 e. The molecule has 2 N–H and O–H groups in total. The number of unbranched alkanes of at least 4 members (excludes halogenated alkanes) is 2. The van der Waals surface area contributed by atoms with E-state index >= 15 is 0 Å². The van der Waals surface area contributed by atoms with Gasteiger partial charge in [-0.2, -0.15) is 0 Å². The number of thiocarbonyl (C=S) groups is 1. The molecule has 1 aromatic rings. The van der Waals surface area contributed by atoms with Crippen molar-refractivity contribution in [3.05, 3.63) is 52.4 Å². The van der Waals surface area contributed by atoms with Crippen molar-refractivity contribution in [3.63, 3.8) is 0 Å². The van der Waals surface area contributed by atoms with Gasteiger partial charge in [-0.1, -0.05) is 66.8 Å². The lowest BCUT2D eigenvalue weighted by atomic mass is 10.1. The van der Waals surface area contributed by atoms with Gasteiger partial charge in [0, 0.05) is 13.0 Å². The van der Waals surface area contributed by atoms with E-state index in [1.165, 1.54) is 18.7 Å². The van der Waals surface area contributed by atoms with E-state index in [-0.39, 0.29) is 18.2 Å². The summed E-state index contributed by atoms with van der Waals surface area (Å²) in [6, 6.07) is 9.01. The summed E-state index contributed by atoms with van der Waals surface area (Å²) in [5, 5.41) is 11.2. The van der Waals surface area contributed by atoms with Gasteiger partial charge in [-0.05, 0) is 43.9 Å². The molecule has 1 aromatic carbocycles. The first-order valence-corrected chi connectivity index (χ1v) is 11.0. The number of benzene rings is 1. The molecule has 0 saturated carbocycles. The molecule has 8 heteroatoms. The number of nitrogens with one attached hydrogen (secondary N) is 1. The van der Waals surface area contributed by atoms with Gasteiger partial charge in [-0.3, -0.25) is 19.3 Å². The SMILES string of the molecule is CC(/C=C1\SC(=S)N(CCCCCC(=O)NC(C)C(=O)O)C1=O)=C\c1ccccc1. The van der Waals surface area contributed by atoms with E-state index in [1.54, 1.807) is 4.90 Å². The number of carboxylic acids is 1. The molecule has 6 nitrogen and oxygen atoms in total. The van der Waals surface area contributed by atoms with Crippen LogP contribution < -0.4 is 5.32 Å². The van der Waals surface area contributed by atoms with Crippen molar-refractivity contribution in [2.75, 3.05) is 6.54 Å². The molecular weight excluding hydrogens is 420 g/mol. The Hall–Kier alpha value is -2.45. The van der Waals surface area contributed by atoms with E-state index in [2.05, 4.69) is 5.32 Å². The van der Waals surface area contributed by atoms with Gasteiger partial charge in [0.2, 0.25) is 5.91 Å². The average Bonchev–Trinajstić information content (AvgIpc) is 2.95. The summed E-state index contributed by atoms with van der Waals surface area (Å²) >= 11 is 6.66. The summed E-state index contributed by atoms with van der Waals surface area (Å²) in [7, 11) is 0. The molecule has 160 valence electrons. The number of nitrogens with zero attached hydrogens (tertiary/aromatic N) is 1. The summed E-state index contributed by atoms with van der Waals surface area (Å²) in [5.41, 5.74) is 2.05. The number of hydrogen-bond acceptors (Lipinski definition) is 5. The minimum atomic E-state index is -1.06. The highest BCUT2D eigenvalue weighted by molar-refractivity contribution is 8.26. The Morgan fingerprint density at radius 3 is 2.60 bits per heavy atom. The zero-order valence-corrected chi connectivity index (χ0v) is 18.7. The second-order valence-corrected chi connectivity index (χ2v) is 8.75. The molecular formula is C22H26N2O4S2. The molecule has 0 aromatic heterocycles. The van der Waals surface area contributed by atoms with Crippen LogP contribution in [-0.2, 0) is 14.4 Å². The standard InChI is InChI=1S/C22H26N2O4S2/c1-15(13-17-9-5-3-6-10-17)14-18-20(26)24(22(29)30-18)12-8-4-7-11-19(25)23-16(2)21(27)28/h3,5-6,9-10,13-14,16H,4,7-8,11-12H2,1-2H3,(H,23,25)(H,27,28)/b15-13+,18-14-. The van der Waals surface area contributed by atoms with Crippen LogP contribution >= 0.6 is 24.0 Å². The highest BCUT2D eigenvalue weighted by Gasteiger charge is 2.31. The Bertz CT molecular complexity index is 865. The zero-order chi connectivity index (χ0) is 22.1. The summed E-state index contributed by atoms with van der Waals surface area (Å²) < 4.78 is 0.548. The number of carboxylic acid groups (broad SMARTS) is 1. The topological polar surface area (TPSA) is 86.7 Å². The lowest BCUT2D eigenvalue weighted by molar-refractivity contribution is -0.141. The van der Waals surface area contributed by atoms with Crippen molar-refractivity contribution in [1.82, 2.24) is 10.2 Å². The molecule has 0 spiro atoms. The summed E-state index contributed by atoms with van der Waals surface area (Å²) in [5.74, 6) is -1.42. The van der Waals surface area contributed by atoms with E-state index in [1.807, 2.05) is 49.4 Å². The van der Waals surface area contributed by atoms with Gasteiger partial charge in [0.25, 0.3) is 5.91 Å². The van der Waals surface area contributed by atoms with E-state index in [9.17, 15) is 14.4 Å². The smallest absolute Gasteiger partial charge is 0.325 e. The number of aliphatic carboxylic acids is 1. The van der Waals surface area contributed by atoms with Crippen LogP contribution in [0.5, 0.6) is 0 Å². The third-order valence-electron chi connectivity index (χ3n) is 4.46. The van der Waals surface area contributed by atoms with Gasteiger partial charge < -0.3 is 10.4 Å². The highest BCUT2D eigenvalue weighted by Crippen LogP contribution is 2.32. The third kappa shape index (κ3) is 7.42. The lowest BCUT2D eigenvalue weighted by Gasteiger charge is -2.14. The van der Waals surface area contributed by atoms with Gasteiger partial charge in [-0.25, -0.2) is 0 Å². The Kier molecular flexibility index (Phi) is 9.26. The maximum Gasteiger partial charge on any atom is 0.325 e. The van der Waals surface area contributed by atoms with E-state index < -0.39 is 12.0 Å². The summed E-state index contributed by atoms with van der Waals surface area (Å²) in [6.07, 6.45) is 6.24. The van der Waals surface area contributed by atoms with Crippen molar-refractivity contribution in [2.24, 2.45) is 0 Å². The molecule has 0 bridgehead atoms. The molecule has 1 heterocycles. The minimum absolute atomic E-state index is 0.0844. The van der Waals surface area contributed by atoms with Crippen LogP contribution in [0.3, 0.4) is 0 Å². The first-order valence-electron chi connectivity index (χ1n) is 9.79. The molecule has 2 rings (SSSR count). The van der Waals surface area contributed by atoms with Crippen LogP contribution in [0.2, 0.25) is 0 Å². The Morgan fingerprint density at radius 2 is 1.93 bits per heavy atom. The first kappa shape index (κ1) is 23.8. The predicted molar refractivity (Wildman–Crippen MR) is 124 cm³/mol. The molecule has 1 fully saturated rings. The number of hydrogen-bond donors (Lipinski definition) is 2. The van der Waals surface area contributed by atoms with Crippen molar-refractivity contribution < 1.29 is 19.5 Å². The second kappa shape index (κ2) is 11.7. The summed E-state index contributed by atoms with van der Waals surface area (Å²) in [6.45, 7) is 3.89. The molecule has 0 radical (unpaired) electrons. The van der Waals surface area contributed by atoms with Crippen LogP contribution in [0.1, 0.15) is 45.1 Å².